The first-order valence-corrected chi connectivity index (χ1v) is 91.0. The third-order valence-electron chi connectivity index (χ3n) is 19.3. The molecule has 12 aromatic rings. The normalized spacial score (nSPS) is 11.4. The molecule has 12 aromatic carbocycles. The summed E-state index contributed by atoms with van der Waals surface area (Å²) in [4.78, 5) is 0. The van der Waals surface area contributed by atoms with Crippen molar-refractivity contribution in [2.75, 3.05) is 105 Å². The van der Waals surface area contributed by atoms with Crippen molar-refractivity contribution in [1.82, 2.24) is 0 Å². The molecule has 0 fully saturated rings. The molecule has 13 rings (SSSR count). The van der Waals surface area contributed by atoms with Crippen molar-refractivity contribution in [2.24, 2.45) is 0 Å². The third-order valence-corrected chi connectivity index (χ3v) is 40.7. The number of hydrogen-bond acceptors (Lipinski definition) is 0. The SMILES string of the molecule is CC[PH+](C)C.CC[PH+](C)C.C[CH]=[Ru]([Cl])[Cl].C[PH+](C)CC[PH+](C)C.C[PH+](C)c1ccccc1-c1c([PH+](C)C)ccc2ccccc12.[CH2-]c1ccc(C(C)CC(C)c2ccc([CH2-])cc2)cc1.[CH3-].[CH3-].[CH3-].[CH3-].[Cl][Ru]([Cl])=[CH]/C=C/c1ccccc1.[Cl][Ru]([Cl])=[CH]c1ccccc1.[Cl][Ru]([Cl])=[CH]c1ccccc1.[Cl][Ru]([Cl])=[C]1C=C(c2ccccc2)c2ccccc21.[Cl][Ru]([Cl])=[C]=C=C(c1ccccc1)c1ccccc1. The predicted octanol–water partition coefficient (Wildman–Crippen LogP) is 36.6. The van der Waals surface area contributed by atoms with Crippen molar-refractivity contribution < 1.29 is 81.1 Å². The van der Waals surface area contributed by atoms with E-state index in [-0.39, 0.29) is 61.4 Å². The molecule has 0 amide bonds. The van der Waals surface area contributed by atoms with Gasteiger partial charge >= 0.3 is 517 Å². The van der Waals surface area contributed by atoms with Crippen LogP contribution >= 0.6 is 164 Å². The van der Waals surface area contributed by atoms with Gasteiger partial charge in [-0.3, -0.25) is 0 Å². The van der Waals surface area contributed by atoms with E-state index in [0.29, 0.717) is 11.8 Å². The summed E-state index contributed by atoms with van der Waals surface area (Å²) in [6.07, 6.45) is 13.1. The van der Waals surface area contributed by atoms with Crippen LogP contribution < -0.4 is 10.6 Å². The monoisotopic (exact) mass is 2710 g/mol. The minimum absolute atomic E-state index is 0. The molecule has 0 saturated carbocycles. The fourth-order valence-corrected chi connectivity index (χ4v) is 26.2. The molecule has 0 N–H and O–H groups in total. The van der Waals surface area contributed by atoms with Crippen LogP contribution in [0.4, 0.5) is 0 Å². The maximum atomic E-state index is 6.19. The molecule has 0 aromatic heterocycles. The van der Waals surface area contributed by atoms with E-state index >= 15 is 0 Å². The summed E-state index contributed by atoms with van der Waals surface area (Å²) < 4.78 is 11.6. The van der Waals surface area contributed by atoms with E-state index < -0.39 is 97.0 Å². The fraction of sp³-hybridized carbons (Fsp3) is 0.214. The molecule has 0 aliphatic heterocycles. The Kier molecular flexibility index (Phi) is 82.2. The van der Waals surface area contributed by atoms with Crippen LogP contribution in [-0.2, 0) is 81.1 Å². The van der Waals surface area contributed by atoms with Crippen LogP contribution in [0, 0.1) is 43.6 Å². The van der Waals surface area contributed by atoms with Crippen LogP contribution in [0.5, 0.6) is 0 Å². The van der Waals surface area contributed by atoms with Gasteiger partial charge in [0.15, 0.2) is 0 Å². The second kappa shape index (κ2) is 81.8. The van der Waals surface area contributed by atoms with E-state index in [1.807, 2.05) is 213 Å². The Morgan fingerprint density at radius 2 is 0.728 bits per heavy atom. The summed E-state index contributed by atoms with van der Waals surface area (Å²) in [6, 6.07) is 108. The van der Waals surface area contributed by atoms with Crippen molar-refractivity contribution in [3.05, 3.63) is 444 Å². The zero-order valence-electron chi connectivity index (χ0n) is 82.3. The zero-order chi connectivity index (χ0) is 97.9. The molecule has 1 aliphatic carbocycles. The molecule has 136 heavy (non-hydrogen) atoms. The first kappa shape index (κ1) is 137. The average Bonchev–Trinajstić information content (AvgIpc) is 1.07. The molecule has 2 unspecified atom stereocenters. The molecule has 24 heteroatoms. The van der Waals surface area contributed by atoms with Crippen LogP contribution in [0.1, 0.15) is 120 Å². The quantitative estimate of drug-likeness (QED) is 0.0328. The third kappa shape index (κ3) is 60.7. The van der Waals surface area contributed by atoms with Crippen molar-refractivity contribution in [3.63, 3.8) is 0 Å². The van der Waals surface area contributed by atoms with Gasteiger partial charge < -0.3 is 29.7 Å². The van der Waals surface area contributed by atoms with Gasteiger partial charge in [-0.05, 0) is 86.7 Å². The van der Waals surface area contributed by atoms with E-state index in [1.165, 1.54) is 79.9 Å². The van der Waals surface area contributed by atoms with Crippen LogP contribution in [0.3, 0.4) is 0 Å². The van der Waals surface area contributed by atoms with Crippen molar-refractivity contribution >= 4 is 229 Å². The summed E-state index contributed by atoms with van der Waals surface area (Å²) in [5.41, 5.74) is 22.4. The molecule has 754 valence electrons. The Bertz CT molecular complexity index is 5420. The molecule has 1 aliphatic rings. The van der Waals surface area contributed by atoms with E-state index in [9.17, 15) is 0 Å². The van der Waals surface area contributed by atoms with Gasteiger partial charge in [-0.25, -0.2) is 0 Å². The summed E-state index contributed by atoms with van der Waals surface area (Å²) >= 11 is -10.0. The molecule has 0 heterocycles. The zero-order valence-corrected chi connectivity index (χ0v) is 108. The molecular weight excluding hydrogens is 2560 g/mol. The Balaban J connectivity index is 0. The predicted molar refractivity (Wildman–Crippen MR) is 644 cm³/mol. The van der Waals surface area contributed by atoms with E-state index in [4.69, 9.17) is 116 Å². The minimum atomic E-state index is -1.95. The Morgan fingerprint density at radius 1 is 0.375 bits per heavy atom. The first-order chi connectivity index (χ1) is 63.0. The topological polar surface area (TPSA) is 0 Å². The average molecular weight is 2710 g/mol. The molecule has 0 saturated heterocycles. The summed E-state index contributed by atoms with van der Waals surface area (Å²) in [5, 5.41) is 5.86. The van der Waals surface area contributed by atoms with Gasteiger partial charge in [0.25, 0.3) is 0 Å². The summed E-state index contributed by atoms with van der Waals surface area (Å²) in [5.74, 6) is 1.13. The second-order valence-electron chi connectivity index (χ2n) is 31.2. The number of fused-ring (bicyclic) bond motifs is 2. The summed E-state index contributed by atoms with van der Waals surface area (Å²) in [6.45, 7) is 47.3. The van der Waals surface area contributed by atoms with Gasteiger partial charge in [0.1, 0.15) is 0 Å². The number of halogens is 12. The maximum absolute atomic E-state index is 6.19. The Morgan fingerprint density at radius 3 is 1.09 bits per heavy atom. The number of hydrogen-bond donors (Lipinski definition) is 0. The Labute approximate surface area is 910 Å². The second-order valence-corrected chi connectivity index (χ2v) is 83.0. The van der Waals surface area contributed by atoms with Crippen LogP contribution in [-0.4, -0.2) is 131 Å². The number of benzene rings is 12. The van der Waals surface area contributed by atoms with Gasteiger partial charge in [-0.15, -0.1) is 24.3 Å². The first-order valence-electron chi connectivity index (χ1n) is 42.5. The van der Waals surface area contributed by atoms with Gasteiger partial charge in [0, 0.05) is 80.3 Å². The Hall–Kier alpha value is -1.30. The van der Waals surface area contributed by atoms with Gasteiger partial charge in [-0.1, -0.05) is 73.5 Å². The number of rotatable bonds is 19. The van der Waals surface area contributed by atoms with E-state index in [2.05, 4.69) is 277 Å². The molecule has 2 atom stereocenters. The van der Waals surface area contributed by atoms with Crippen LogP contribution in [0.15, 0.2) is 333 Å². The van der Waals surface area contributed by atoms with Gasteiger partial charge in [0.05, 0.1) is 61.9 Å². The van der Waals surface area contributed by atoms with Crippen molar-refractivity contribution in [1.29, 1.82) is 0 Å². The standard InChI is InChI=1S/C20H22P2.C19H22.2C15H10.C9H8.2C7H6.C6H16P2.2C4H11P.C2H4.4CH3.12ClH.6Ru/c1-21(2)18-12-8-7-11-17(18)20-16-10-6-5-9-15(16)13-14-19(20)22(3)4;1-14-5-9-18(10-6-14)16(3)13-17(4)19-11-7-15(2)8-12-19;1-2-6-12(7-3-1)15-11-10-13-8-4-5-9-14(13)15;1-2-15(13-9-5-3-6-10-13)14-11-7-4-8-12-14;1-2-6-9-7-4-3-5-8-9;2*1-7-5-3-2-4-6-7;1-7(2)5-6-8(3)4;2*1-4-5(2)3;1-2;;;;;;;;;;;;;;;;;;;;;;/h5-14H,1-4H3;5-12,16-17H,1-2,13H2,3-4H3;1-9,11H;3-12H;1-8H;2*1-6H;5-6H2,1-4H3;2*4H2,1-3H3;1H,2H3;4*1H3;12*1H;;;;;;/q;-2;;;;;;;;;;4*-1;;;;;;;;;;;;;6*+2/p-6/b;;;;6-2+;;;;;;;;;;;;;;;;;;;;;;;;;;;;. The fourth-order valence-electron chi connectivity index (χ4n) is 11.9. The van der Waals surface area contributed by atoms with Gasteiger partial charge in [-0.2, -0.15) is 49.2 Å². The van der Waals surface area contributed by atoms with E-state index in [0.717, 1.165) is 55.0 Å². The molecular formula is C112H144Cl12P6Ru6. The van der Waals surface area contributed by atoms with Crippen molar-refractivity contribution in [3.8, 4) is 11.1 Å². The van der Waals surface area contributed by atoms with Crippen LogP contribution in [0.25, 0.3) is 39.1 Å². The molecule has 0 bridgehead atoms. The van der Waals surface area contributed by atoms with Crippen molar-refractivity contribution in [2.45, 2.75) is 52.9 Å². The molecule has 0 radical (unpaired) electrons. The summed E-state index contributed by atoms with van der Waals surface area (Å²) in [7, 11) is 68.1. The molecule has 0 spiro atoms. The van der Waals surface area contributed by atoms with E-state index in [1.54, 1.807) is 10.6 Å². The molecule has 0 nitrogen and oxygen atoms in total. The van der Waals surface area contributed by atoms with Crippen LogP contribution in [0.2, 0.25) is 0 Å². The van der Waals surface area contributed by atoms with Gasteiger partial charge in [0.2, 0.25) is 0 Å². The number of allylic oxidation sites excluding steroid dienone is 2.